The third kappa shape index (κ3) is 11.6. The Labute approximate surface area is 256 Å². The van der Waals surface area contributed by atoms with Gasteiger partial charge in [-0.25, -0.2) is 0 Å². The number of hydrogen-bond donors (Lipinski definition) is 7. The Kier molecular flexibility index (Phi) is 14.5. The Hall–Kier alpha value is -3.26. The van der Waals surface area contributed by atoms with Crippen LogP contribution in [-0.2, 0) is 42.5 Å². The van der Waals surface area contributed by atoms with Gasteiger partial charge in [-0.1, -0.05) is 0 Å². The summed E-state index contributed by atoms with van der Waals surface area (Å²) in [5.74, 6) is -3.57. The van der Waals surface area contributed by atoms with Crippen molar-refractivity contribution in [2.45, 2.75) is 24.9 Å². The first kappa shape index (κ1) is 33.9. The summed E-state index contributed by atoms with van der Waals surface area (Å²) < 4.78 is 1.25. The van der Waals surface area contributed by atoms with Crippen molar-refractivity contribution in [3.8, 4) is 5.75 Å². The van der Waals surface area contributed by atoms with E-state index in [0.29, 0.717) is 5.69 Å². The number of carboxylic acid groups (broad SMARTS) is 2. The quantitative estimate of drug-likeness (QED) is 0.0824. The number of amides is 2. The van der Waals surface area contributed by atoms with Crippen molar-refractivity contribution in [1.29, 1.82) is 0 Å². The van der Waals surface area contributed by atoms with E-state index < -0.39 is 65.7 Å². The van der Waals surface area contributed by atoms with E-state index in [-0.39, 0.29) is 24.3 Å². The minimum atomic E-state index is -1.35. The van der Waals surface area contributed by atoms with Gasteiger partial charge in [0.15, 0.2) is 0 Å². The van der Waals surface area contributed by atoms with Gasteiger partial charge < -0.3 is 26.6 Å². The van der Waals surface area contributed by atoms with Crippen molar-refractivity contribution in [3.05, 3.63) is 60.7 Å². The van der Waals surface area contributed by atoms with Crippen molar-refractivity contribution < 1.29 is 57.8 Å². The second-order valence-corrected chi connectivity index (χ2v) is 15.5. The molecule has 0 aliphatic rings. The van der Waals surface area contributed by atoms with Gasteiger partial charge in [0.2, 0.25) is 11.8 Å². The molecular weight excluding hydrogens is 762 g/mol. The minimum absolute atomic E-state index is 0.0256. The zero-order valence-electron chi connectivity index (χ0n) is 21.7. The van der Waals surface area contributed by atoms with Gasteiger partial charge in [-0.3, -0.25) is 19.2 Å². The summed E-state index contributed by atoms with van der Waals surface area (Å²) in [7, 11) is 5.97. The second-order valence-electron chi connectivity index (χ2n) is 8.55. The molecule has 214 valence electrons. The molecule has 12 nitrogen and oxygen atoms in total. The van der Waals surface area contributed by atoms with E-state index in [0.717, 1.165) is 16.5 Å². The van der Waals surface area contributed by atoms with Gasteiger partial charge in [0, 0.05) is 12.2 Å². The number of nitrogens with two attached hydrogens (primary N) is 1. The third-order valence-corrected chi connectivity index (χ3v) is 11.6. The van der Waals surface area contributed by atoms with Gasteiger partial charge in [-0.05, 0) is 6.42 Å². The molecule has 0 aliphatic carbocycles. The van der Waals surface area contributed by atoms with Gasteiger partial charge in [-0.15, -0.1) is 0 Å². The Morgan fingerprint density at radius 2 is 1.68 bits per heavy atom. The number of phenolic OH excluding ortho intramolecular Hbond substituents is 1. The van der Waals surface area contributed by atoms with Crippen LogP contribution in [0.2, 0.25) is 0 Å². The zero-order valence-corrected chi connectivity index (χ0v) is 28.9. The van der Waals surface area contributed by atoms with E-state index in [9.17, 15) is 24.3 Å². The van der Waals surface area contributed by atoms with Gasteiger partial charge in [0.05, 0.1) is 0 Å². The summed E-state index contributed by atoms with van der Waals surface area (Å²) in [5.41, 5.74) is 6.48. The fourth-order valence-corrected chi connectivity index (χ4v) is 6.69. The van der Waals surface area contributed by atoms with E-state index in [1.807, 2.05) is 54.6 Å². The number of carboxylic acids is 2. The number of benzene rings is 3. The van der Waals surface area contributed by atoms with Crippen molar-refractivity contribution >= 4 is 69.9 Å². The number of thiol groups is 1. The van der Waals surface area contributed by atoms with Crippen LogP contribution in [0.5, 0.6) is 5.75 Å². The van der Waals surface area contributed by atoms with Gasteiger partial charge in [0.1, 0.15) is 18.6 Å². The fraction of sp³-hybridized carbons (Fsp3) is 0.231. The summed E-state index contributed by atoms with van der Waals surface area (Å²) in [6, 6.07) is 17.0. The molecule has 0 heterocycles. The van der Waals surface area contributed by atoms with Crippen molar-refractivity contribution in [1.82, 2.24) is 10.6 Å². The summed E-state index contributed by atoms with van der Waals surface area (Å²) in [6.07, 6.45) is -0.235. The number of halogens is 1. The molecule has 3 aromatic carbocycles. The van der Waals surface area contributed by atoms with Crippen LogP contribution in [0.25, 0.3) is 10.8 Å². The number of phenols is 1. The number of carbonyl (C=O) groups is 4. The molecule has 0 unspecified atom stereocenters. The van der Waals surface area contributed by atoms with Crippen LogP contribution in [0.4, 0.5) is 11.4 Å². The molecule has 41 heavy (non-hydrogen) atoms. The number of rotatable bonds is 12. The topological polar surface area (TPSA) is 204 Å². The number of hydrogen-bond acceptors (Lipinski definition) is 9. The first-order valence-corrected chi connectivity index (χ1v) is 22.4. The van der Waals surface area contributed by atoms with Crippen LogP contribution in [0.15, 0.2) is 70.9 Å². The Balaban J connectivity index is 0.000000288. The molecule has 3 aromatic rings. The molecule has 0 bridgehead atoms. The SMILES string of the molecule is N[C@@H](CCC(=O)N[C@@H](CS)C(=O)NCC(=O)O)C(=O)O.Oc1ccc2ccccc2c1N=Nc1cc[c]([Hg][Cl])cc1. The standard InChI is InChI=1S/C16H11N2O.C10H17N3O6S.ClH.Hg/c19-15-11-10-12-6-4-5-9-14(12)16(15)18-17-13-7-2-1-3-8-13;11-5(10(18)19)1-2-7(14)13-6(4-20)9(17)12-3-8(15)16;;/h2-11,19H;5-6,20H,1-4,11H2,(H,12,17)(H,13,14)(H,15,16)(H,18,19);1H;/q;;;+1/p-1/t;5-,6-;;/m.0../s1. The Morgan fingerprint density at radius 1 is 1.00 bits per heavy atom. The van der Waals surface area contributed by atoms with Gasteiger partial charge in [-0.2, -0.15) is 12.6 Å². The molecular formula is C26H28ClHgN5O7S. The summed E-state index contributed by atoms with van der Waals surface area (Å²) in [6.45, 7) is -0.567. The van der Waals surface area contributed by atoms with E-state index >= 15 is 0 Å². The van der Waals surface area contributed by atoms with Crippen molar-refractivity contribution in [2.75, 3.05) is 12.3 Å². The number of aliphatic carboxylic acids is 2. The molecule has 3 rings (SSSR count). The third-order valence-electron chi connectivity index (χ3n) is 5.48. The molecule has 0 radical (unpaired) electrons. The molecule has 2 amide bonds. The van der Waals surface area contributed by atoms with Crippen LogP contribution < -0.4 is 19.4 Å². The molecule has 0 saturated heterocycles. The summed E-state index contributed by atoms with van der Waals surface area (Å²) in [5, 5.41) is 41.7. The monoisotopic (exact) mass is 791 g/mol. The number of fused-ring (bicyclic) bond motifs is 1. The van der Waals surface area contributed by atoms with E-state index in [1.54, 1.807) is 6.07 Å². The maximum absolute atomic E-state index is 11.5. The molecule has 0 aliphatic heterocycles. The van der Waals surface area contributed by atoms with Gasteiger partial charge in [0.25, 0.3) is 0 Å². The number of nitrogens with zero attached hydrogens (tertiary/aromatic N) is 2. The molecule has 0 spiro atoms. The number of aromatic hydroxyl groups is 1. The van der Waals surface area contributed by atoms with E-state index in [4.69, 9.17) is 24.2 Å². The zero-order chi connectivity index (χ0) is 30.4. The van der Waals surface area contributed by atoms with Crippen LogP contribution in [0.1, 0.15) is 12.8 Å². The predicted molar refractivity (Wildman–Crippen MR) is 153 cm³/mol. The van der Waals surface area contributed by atoms with E-state index in [1.165, 1.54) is 3.07 Å². The average Bonchev–Trinajstić information content (AvgIpc) is 2.97. The van der Waals surface area contributed by atoms with Crippen molar-refractivity contribution in [2.24, 2.45) is 16.0 Å². The summed E-state index contributed by atoms with van der Waals surface area (Å²) >= 11 is 2.53. The van der Waals surface area contributed by atoms with E-state index in [2.05, 4.69) is 33.5 Å². The average molecular weight is 791 g/mol. The number of carbonyl (C=O) groups excluding carboxylic acids is 2. The maximum atomic E-state index is 11.5. The Bertz CT molecular complexity index is 1390. The van der Waals surface area contributed by atoms with Crippen LogP contribution in [0, 0.1) is 0 Å². The molecule has 0 fully saturated rings. The van der Waals surface area contributed by atoms with Crippen molar-refractivity contribution in [3.63, 3.8) is 0 Å². The van der Waals surface area contributed by atoms with Crippen LogP contribution >= 0.6 is 20.9 Å². The van der Waals surface area contributed by atoms with Crippen LogP contribution in [0.3, 0.4) is 0 Å². The normalized spacial score (nSPS) is 12.0. The fourth-order valence-electron chi connectivity index (χ4n) is 3.26. The molecule has 0 aromatic heterocycles. The number of azo groups is 1. The first-order valence-electron chi connectivity index (χ1n) is 12.2. The molecule has 15 heteroatoms. The summed E-state index contributed by atoms with van der Waals surface area (Å²) in [4.78, 5) is 43.7. The first-order chi connectivity index (χ1) is 19.5. The van der Waals surface area contributed by atoms with Crippen LogP contribution in [-0.4, -0.2) is 63.5 Å². The molecule has 7 N–H and O–H groups in total. The Morgan fingerprint density at radius 3 is 2.29 bits per heavy atom. The molecule has 2 atom stereocenters. The van der Waals surface area contributed by atoms with Gasteiger partial charge >= 0.3 is 150 Å². The molecule has 0 saturated carbocycles. The number of nitrogens with one attached hydrogen (secondary N) is 2. The second kappa shape index (κ2) is 17.5. The predicted octanol–water partition coefficient (Wildman–Crippen LogP) is 2.62.